The highest BCUT2D eigenvalue weighted by atomic mass is 35.5. The van der Waals surface area contributed by atoms with E-state index in [-0.39, 0.29) is 0 Å². The zero-order chi connectivity index (χ0) is 14.9. The summed E-state index contributed by atoms with van der Waals surface area (Å²) in [6, 6.07) is 6.24. The van der Waals surface area contributed by atoms with Crippen molar-refractivity contribution in [3.05, 3.63) is 63.4 Å². The lowest BCUT2D eigenvalue weighted by Crippen LogP contribution is -2.24. The molecule has 0 amide bonds. The van der Waals surface area contributed by atoms with Crippen LogP contribution in [0.4, 0.5) is 0 Å². The van der Waals surface area contributed by atoms with Crippen LogP contribution in [-0.2, 0) is 11.3 Å². The van der Waals surface area contributed by atoms with Gasteiger partial charge in [-0.05, 0) is 73.7 Å². The molecule has 4 rings (SSSR count). The summed E-state index contributed by atoms with van der Waals surface area (Å²) in [5.74, 6) is 1.06. The summed E-state index contributed by atoms with van der Waals surface area (Å²) in [6.45, 7) is 2.75. The van der Waals surface area contributed by atoms with Gasteiger partial charge in [0.25, 0.3) is 0 Å². The van der Waals surface area contributed by atoms with E-state index in [2.05, 4.69) is 29.6 Å². The van der Waals surface area contributed by atoms with Crippen LogP contribution < -0.4 is 5.32 Å². The maximum absolute atomic E-state index is 6.21. The van der Waals surface area contributed by atoms with Crippen molar-refractivity contribution in [2.24, 2.45) is 0 Å². The van der Waals surface area contributed by atoms with Crippen LogP contribution in [0, 0.1) is 0 Å². The first-order chi connectivity index (χ1) is 10.8. The molecule has 1 N–H and O–H groups in total. The van der Waals surface area contributed by atoms with E-state index in [4.69, 9.17) is 16.3 Å². The minimum Gasteiger partial charge on any atom is -0.489 e. The van der Waals surface area contributed by atoms with Gasteiger partial charge in [0, 0.05) is 10.6 Å². The minimum atomic E-state index is 0.605. The number of hydrogen-bond acceptors (Lipinski definition) is 2. The number of fused-ring (bicyclic) bond motifs is 1. The summed E-state index contributed by atoms with van der Waals surface area (Å²) in [4.78, 5) is 0. The molecule has 2 aliphatic heterocycles. The quantitative estimate of drug-likeness (QED) is 0.755. The summed E-state index contributed by atoms with van der Waals surface area (Å²) < 4.78 is 6.09. The van der Waals surface area contributed by atoms with Crippen molar-refractivity contribution in [2.45, 2.75) is 32.3 Å². The largest absolute Gasteiger partial charge is 0.489 e. The molecule has 0 bridgehead atoms. The van der Waals surface area contributed by atoms with Gasteiger partial charge in [-0.25, -0.2) is 0 Å². The number of nitrogens with one attached hydrogen (secondary N) is 1. The summed E-state index contributed by atoms with van der Waals surface area (Å²) >= 11 is 6.21. The molecule has 1 aromatic rings. The lowest BCUT2D eigenvalue weighted by atomic mass is 9.83. The lowest BCUT2D eigenvalue weighted by Gasteiger charge is -2.24. The third-order valence-electron chi connectivity index (χ3n) is 4.71. The van der Waals surface area contributed by atoms with Crippen LogP contribution in [0.25, 0.3) is 5.57 Å². The standard InChI is InChI=1S/C19H20ClNO/c20-15-5-6-16-14(11-15)12-22-18-4-2-1-3-17(18)19(16)13-7-9-21-10-8-13/h2,4-6,11,21H,1,3,7-10,12H2. The smallest absolute Gasteiger partial charge is 0.123 e. The van der Waals surface area contributed by atoms with Crippen LogP contribution in [0.2, 0.25) is 5.02 Å². The first kappa shape index (κ1) is 14.1. The molecule has 1 aromatic carbocycles. The molecule has 114 valence electrons. The van der Waals surface area contributed by atoms with Crippen molar-refractivity contribution in [1.29, 1.82) is 0 Å². The zero-order valence-electron chi connectivity index (χ0n) is 12.6. The Morgan fingerprint density at radius 3 is 2.82 bits per heavy atom. The molecular weight excluding hydrogens is 294 g/mol. The second-order valence-electron chi connectivity index (χ2n) is 6.10. The van der Waals surface area contributed by atoms with Crippen molar-refractivity contribution < 1.29 is 4.74 Å². The average Bonchev–Trinajstić information content (AvgIpc) is 2.72. The molecule has 0 atom stereocenters. The maximum atomic E-state index is 6.21. The SMILES string of the molecule is Clc1ccc2c(c1)COC1=C(CCC=C1)C2=C1CCNCC1. The topological polar surface area (TPSA) is 21.3 Å². The highest BCUT2D eigenvalue weighted by Gasteiger charge is 2.25. The molecule has 3 aliphatic rings. The van der Waals surface area contributed by atoms with Crippen LogP contribution in [0.3, 0.4) is 0 Å². The van der Waals surface area contributed by atoms with Crippen molar-refractivity contribution in [3.63, 3.8) is 0 Å². The van der Waals surface area contributed by atoms with Gasteiger partial charge < -0.3 is 10.1 Å². The number of rotatable bonds is 0. The maximum Gasteiger partial charge on any atom is 0.123 e. The van der Waals surface area contributed by atoms with Crippen LogP contribution in [-0.4, -0.2) is 13.1 Å². The van der Waals surface area contributed by atoms with Gasteiger partial charge in [-0.3, -0.25) is 0 Å². The van der Waals surface area contributed by atoms with E-state index in [1.54, 1.807) is 5.57 Å². The fourth-order valence-corrected chi connectivity index (χ4v) is 3.85. The molecule has 22 heavy (non-hydrogen) atoms. The van der Waals surface area contributed by atoms with Crippen molar-refractivity contribution in [3.8, 4) is 0 Å². The monoisotopic (exact) mass is 313 g/mol. The first-order valence-corrected chi connectivity index (χ1v) is 8.45. The second kappa shape index (κ2) is 5.94. The number of ether oxygens (including phenoxy) is 1. The van der Waals surface area contributed by atoms with Gasteiger partial charge in [0.2, 0.25) is 0 Å². The molecule has 1 aliphatic carbocycles. The summed E-state index contributed by atoms with van der Waals surface area (Å²) in [7, 11) is 0. The fourth-order valence-electron chi connectivity index (χ4n) is 3.65. The van der Waals surface area contributed by atoms with Gasteiger partial charge in [-0.2, -0.15) is 0 Å². The van der Waals surface area contributed by atoms with E-state index in [0.717, 1.165) is 49.6 Å². The Morgan fingerprint density at radius 2 is 1.95 bits per heavy atom. The summed E-state index contributed by atoms with van der Waals surface area (Å²) in [5, 5.41) is 4.24. The van der Waals surface area contributed by atoms with E-state index in [9.17, 15) is 0 Å². The first-order valence-electron chi connectivity index (χ1n) is 8.07. The Balaban J connectivity index is 1.93. The van der Waals surface area contributed by atoms with E-state index in [1.807, 2.05) is 6.07 Å². The Bertz CT molecular complexity index is 691. The number of halogens is 1. The highest BCUT2D eigenvalue weighted by molar-refractivity contribution is 6.30. The van der Waals surface area contributed by atoms with E-state index < -0.39 is 0 Å². The Morgan fingerprint density at radius 1 is 1.09 bits per heavy atom. The highest BCUT2D eigenvalue weighted by Crippen LogP contribution is 2.41. The normalized spacial score (nSPS) is 21.1. The number of hydrogen-bond donors (Lipinski definition) is 1. The summed E-state index contributed by atoms with van der Waals surface area (Å²) in [6.07, 6.45) is 8.77. The van der Waals surface area contributed by atoms with E-state index in [1.165, 1.54) is 22.3 Å². The van der Waals surface area contributed by atoms with Crippen LogP contribution in [0.5, 0.6) is 0 Å². The van der Waals surface area contributed by atoms with Gasteiger partial charge >= 0.3 is 0 Å². The van der Waals surface area contributed by atoms with Crippen molar-refractivity contribution in [1.82, 2.24) is 5.32 Å². The third-order valence-corrected chi connectivity index (χ3v) is 4.94. The molecule has 0 radical (unpaired) electrons. The van der Waals surface area contributed by atoms with Crippen LogP contribution >= 0.6 is 11.6 Å². The molecule has 3 heteroatoms. The van der Waals surface area contributed by atoms with Gasteiger partial charge in [0.15, 0.2) is 0 Å². The Hall–Kier alpha value is -1.51. The molecule has 1 fully saturated rings. The van der Waals surface area contributed by atoms with Crippen molar-refractivity contribution in [2.75, 3.05) is 13.1 Å². The molecule has 0 spiro atoms. The second-order valence-corrected chi connectivity index (χ2v) is 6.54. The summed E-state index contributed by atoms with van der Waals surface area (Å²) in [5.41, 5.74) is 6.92. The predicted molar refractivity (Wildman–Crippen MR) is 90.7 cm³/mol. The predicted octanol–water partition coefficient (Wildman–Crippen LogP) is 4.61. The Kier molecular flexibility index (Phi) is 3.81. The number of allylic oxidation sites excluding steroid dienone is 4. The molecule has 0 saturated carbocycles. The van der Waals surface area contributed by atoms with Crippen LogP contribution in [0.1, 0.15) is 36.8 Å². The fraction of sp³-hybridized carbons (Fsp3) is 0.368. The van der Waals surface area contributed by atoms with Gasteiger partial charge in [-0.15, -0.1) is 0 Å². The van der Waals surface area contributed by atoms with Gasteiger partial charge in [-0.1, -0.05) is 29.3 Å². The van der Waals surface area contributed by atoms with Gasteiger partial charge in [0.05, 0.1) is 0 Å². The zero-order valence-corrected chi connectivity index (χ0v) is 13.4. The third kappa shape index (κ3) is 2.51. The molecule has 0 aromatic heterocycles. The number of benzene rings is 1. The lowest BCUT2D eigenvalue weighted by molar-refractivity contribution is 0.209. The molecule has 0 unspecified atom stereocenters. The molecule has 1 saturated heterocycles. The van der Waals surface area contributed by atoms with Crippen molar-refractivity contribution >= 4 is 17.2 Å². The van der Waals surface area contributed by atoms with Gasteiger partial charge in [0.1, 0.15) is 12.4 Å². The molecular formula is C19H20ClNO. The van der Waals surface area contributed by atoms with Crippen LogP contribution in [0.15, 0.2) is 47.3 Å². The number of piperidine rings is 1. The average molecular weight is 314 g/mol. The molecule has 2 nitrogen and oxygen atoms in total. The minimum absolute atomic E-state index is 0.605. The van der Waals surface area contributed by atoms with E-state index in [0.29, 0.717) is 6.61 Å². The molecule has 2 heterocycles. The van der Waals surface area contributed by atoms with E-state index >= 15 is 0 Å². The Labute approximate surface area is 136 Å².